The predicted octanol–water partition coefficient (Wildman–Crippen LogP) is 2.04. The van der Waals surface area contributed by atoms with Gasteiger partial charge in [0, 0.05) is 47.1 Å². The van der Waals surface area contributed by atoms with Gasteiger partial charge in [-0.25, -0.2) is 4.39 Å². The number of rotatable bonds is 11. The molecule has 5 amide bonds. The van der Waals surface area contributed by atoms with Crippen LogP contribution in [0.2, 0.25) is 0 Å². The monoisotopic (exact) mass is 726 g/mol. The number of fused-ring (bicyclic) bond motifs is 2. The van der Waals surface area contributed by atoms with Gasteiger partial charge in [0.2, 0.25) is 17.7 Å². The highest BCUT2D eigenvalue weighted by molar-refractivity contribution is 7.70. The number of nitrogens with one attached hydrogen (secondary N) is 3. The van der Waals surface area contributed by atoms with E-state index in [-0.39, 0.29) is 48.3 Å². The van der Waals surface area contributed by atoms with Crippen LogP contribution in [0, 0.1) is 11.7 Å². The summed E-state index contributed by atoms with van der Waals surface area (Å²) in [4.78, 5) is 103. The highest BCUT2D eigenvalue weighted by atomic mass is 31.2. The Morgan fingerprint density at radius 1 is 1.04 bits per heavy atom. The van der Waals surface area contributed by atoms with E-state index in [0.29, 0.717) is 36.6 Å². The summed E-state index contributed by atoms with van der Waals surface area (Å²) in [6, 6.07) is 7.17. The van der Waals surface area contributed by atoms with Crippen LogP contribution >= 0.6 is 7.60 Å². The van der Waals surface area contributed by atoms with Crippen molar-refractivity contribution in [3.8, 4) is 0 Å². The number of aromatic amines is 1. The summed E-state index contributed by atoms with van der Waals surface area (Å²) in [6.45, 7) is 3.62. The van der Waals surface area contributed by atoms with E-state index in [1.54, 1.807) is 0 Å². The maximum atomic E-state index is 14.4. The van der Waals surface area contributed by atoms with Crippen molar-refractivity contribution in [2.75, 3.05) is 13.1 Å². The van der Waals surface area contributed by atoms with Gasteiger partial charge >= 0.3 is 7.60 Å². The van der Waals surface area contributed by atoms with Crippen LogP contribution in [0.3, 0.4) is 0 Å². The van der Waals surface area contributed by atoms with Gasteiger partial charge in [0.05, 0.1) is 6.54 Å². The number of primary amides is 1. The third-order valence-corrected chi connectivity index (χ3v) is 10.2. The minimum Gasteiger partial charge on any atom is -0.370 e. The molecule has 0 bridgehead atoms. The second-order valence-electron chi connectivity index (χ2n) is 13.3. The summed E-state index contributed by atoms with van der Waals surface area (Å²) < 4.78 is 25.6. The van der Waals surface area contributed by atoms with Gasteiger partial charge in [-0.1, -0.05) is 19.9 Å². The number of nitrogens with two attached hydrogens (primary N) is 1. The third-order valence-electron chi connectivity index (χ3n) is 9.37. The van der Waals surface area contributed by atoms with Crippen molar-refractivity contribution in [1.82, 2.24) is 25.4 Å². The number of halogens is 1. The SMILES string of the molecule is CC(C)[C@H](CCC(N)=O)NC(=O)[C@@H]1CC[C@@H]2CCN(C(=O)c3cccc(F)c3)C[C@H](NC(=O)c3cc4cc(C(=O)P(=O)(O)O)ccc4[nH]3)C(=O)N21. The molecule has 0 spiro atoms. The van der Waals surface area contributed by atoms with Crippen molar-refractivity contribution in [3.05, 3.63) is 71.2 Å². The van der Waals surface area contributed by atoms with Gasteiger partial charge in [0.25, 0.3) is 17.3 Å². The van der Waals surface area contributed by atoms with Crippen molar-refractivity contribution in [2.24, 2.45) is 11.7 Å². The van der Waals surface area contributed by atoms with Gasteiger partial charge in [-0.2, -0.15) is 0 Å². The van der Waals surface area contributed by atoms with Crippen molar-refractivity contribution in [2.45, 2.75) is 70.1 Å². The standard InChI is InChI=1S/C34H40FN6O9P/c1-18(2)24(9-11-29(36)42)38-31(44)28-10-7-23-12-13-40(32(45)19-4-3-5-22(35)15-19)17-27(33(46)41(23)28)39-30(43)26-16-21-14-20(6-8-25(21)37-26)34(47)51(48,49)50/h3-6,8,14-16,18,23-24,27-28,37H,7,9-13,17H2,1-2H3,(H2,36,42)(H,38,44)(H,39,43)(H2,48,49,50)/t23-,24+,27+,28+/m1/s1. The van der Waals surface area contributed by atoms with E-state index in [2.05, 4.69) is 15.6 Å². The maximum absolute atomic E-state index is 14.4. The van der Waals surface area contributed by atoms with Crippen LogP contribution in [0.5, 0.6) is 0 Å². The van der Waals surface area contributed by atoms with Gasteiger partial charge in [-0.15, -0.1) is 0 Å². The Bertz CT molecular complexity index is 1930. The van der Waals surface area contributed by atoms with Crippen LogP contribution in [0.25, 0.3) is 10.9 Å². The first-order valence-corrected chi connectivity index (χ1v) is 18.1. The highest BCUT2D eigenvalue weighted by Crippen LogP contribution is 2.39. The molecule has 0 unspecified atom stereocenters. The predicted molar refractivity (Wildman–Crippen MR) is 182 cm³/mol. The fourth-order valence-electron chi connectivity index (χ4n) is 6.67. The Morgan fingerprint density at radius 2 is 1.78 bits per heavy atom. The van der Waals surface area contributed by atoms with E-state index in [9.17, 15) is 47.5 Å². The van der Waals surface area contributed by atoms with E-state index in [4.69, 9.17) is 5.73 Å². The van der Waals surface area contributed by atoms with Crippen molar-refractivity contribution in [3.63, 3.8) is 0 Å². The van der Waals surface area contributed by atoms with Gasteiger partial charge in [-0.3, -0.25) is 33.3 Å². The lowest BCUT2D eigenvalue weighted by Gasteiger charge is -2.39. The summed E-state index contributed by atoms with van der Waals surface area (Å²) in [6.07, 6.45) is 1.47. The van der Waals surface area contributed by atoms with Crippen molar-refractivity contribution < 1.29 is 47.5 Å². The molecule has 4 atom stereocenters. The number of carbonyl (C=O) groups is 6. The van der Waals surface area contributed by atoms with Crippen molar-refractivity contribution >= 4 is 53.6 Å². The molecule has 0 aliphatic carbocycles. The zero-order valence-electron chi connectivity index (χ0n) is 28.0. The summed E-state index contributed by atoms with van der Waals surface area (Å²) in [5, 5.41) is 5.94. The minimum absolute atomic E-state index is 0.0368. The van der Waals surface area contributed by atoms with E-state index in [0.717, 1.165) is 6.07 Å². The number of amides is 5. The van der Waals surface area contributed by atoms with E-state index < -0.39 is 66.6 Å². The van der Waals surface area contributed by atoms with Gasteiger partial charge in [-0.05, 0) is 74.1 Å². The molecule has 15 nitrogen and oxygen atoms in total. The smallest absolute Gasteiger partial charge is 0.370 e. The summed E-state index contributed by atoms with van der Waals surface area (Å²) in [7, 11) is -5.06. The van der Waals surface area contributed by atoms with Gasteiger partial charge in [0.15, 0.2) is 0 Å². The zero-order chi connectivity index (χ0) is 37.2. The summed E-state index contributed by atoms with van der Waals surface area (Å²) in [5.41, 5.74) is 4.05. The number of benzene rings is 2. The number of aromatic nitrogens is 1. The van der Waals surface area contributed by atoms with Crippen LogP contribution in [-0.2, 0) is 18.9 Å². The largest absolute Gasteiger partial charge is 0.396 e. The van der Waals surface area contributed by atoms with E-state index >= 15 is 0 Å². The molecule has 2 aliphatic heterocycles. The normalized spacial score (nSPS) is 20.0. The fourth-order valence-corrected chi connectivity index (χ4v) is 7.14. The number of hydrogen-bond donors (Lipinski definition) is 6. The van der Waals surface area contributed by atoms with Crippen LogP contribution in [0.1, 0.15) is 77.2 Å². The molecule has 2 fully saturated rings. The highest BCUT2D eigenvalue weighted by Gasteiger charge is 2.46. The van der Waals surface area contributed by atoms with E-state index in [1.807, 2.05) is 13.8 Å². The average molecular weight is 727 g/mol. The lowest BCUT2D eigenvalue weighted by atomic mass is 9.98. The second-order valence-corrected chi connectivity index (χ2v) is 14.8. The van der Waals surface area contributed by atoms with E-state index in [1.165, 1.54) is 52.3 Å². The zero-order valence-corrected chi connectivity index (χ0v) is 28.9. The fraction of sp³-hybridized carbons (Fsp3) is 0.412. The molecular formula is C34H40FN6O9P. The molecular weight excluding hydrogens is 686 g/mol. The lowest BCUT2D eigenvalue weighted by Crippen LogP contribution is -2.61. The van der Waals surface area contributed by atoms with Gasteiger partial charge < -0.3 is 40.9 Å². The van der Waals surface area contributed by atoms with Crippen LogP contribution < -0.4 is 16.4 Å². The molecule has 2 aliphatic rings. The molecule has 0 saturated carbocycles. The quantitative estimate of drug-likeness (QED) is 0.159. The first-order valence-electron chi connectivity index (χ1n) is 16.5. The lowest BCUT2D eigenvalue weighted by molar-refractivity contribution is -0.143. The molecule has 2 saturated heterocycles. The van der Waals surface area contributed by atoms with Crippen molar-refractivity contribution in [1.29, 1.82) is 0 Å². The average Bonchev–Trinajstić information content (AvgIpc) is 3.69. The Hall–Kier alpha value is -4.92. The summed E-state index contributed by atoms with van der Waals surface area (Å²) in [5.74, 6) is -3.50. The Labute approximate surface area is 292 Å². The molecule has 3 aromatic rings. The number of H-pyrrole nitrogens is 1. The van der Waals surface area contributed by atoms with Crippen LogP contribution in [0.4, 0.5) is 4.39 Å². The molecule has 5 rings (SSSR count). The number of carbonyl (C=O) groups excluding carboxylic acids is 6. The van der Waals surface area contributed by atoms with Crippen LogP contribution in [-0.4, -0.2) is 96.9 Å². The topological polar surface area (TPSA) is 232 Å². The molecule has 0 radical (unpaired) electrons. The molecule has 17 heteroatoms. The molecule has 2 aromatic carbocycles. The van der Waals surface area contributed by atoms with Crippen LogP contribution in [0.15, 0.2) is 48.5 Å². The summed E-state index contributed by atoms with van der Waals surface area (Å²) >= 11 is 0. The van der Waals surface area contributed by atoms with Gasteiger partial charge in [0.1, 0.15) is 23.6 Å². The Morgan fingerprint density at radius 3 is 2.45 bits per heavy atom. The Kier molecular flexibility index (Phi) is 11.1. The number of nitrogens with zero attached hydrogens (tertiary/aromatic N) is 2. The molecule has 7 N–H and O–H groups in total. The Balaban J connectivity index is 1.43. The molecule has 272 valence electrons. The number of hydrogen-bond acceptors (Lipinski definition) is 7. The first-order chi connectivity index (χ1) is 24.0. The first kappa shape index (κ1) is 37.3. The molecule has 1 aromatic heterocycles. The minimum atomic E-state index is -5.06. The third kappa shape index (κ3) is 8.52. The maximum Gasteiger partial charge on any atom is 0.396 e. The molecule has 3 heterocycles. The second kappa shape index (κ2) is 15.1. The molecule has 51 heavy (non-hydrogen) atoms.